The number of hydrogen-bond donors (Lipinski definition) is 2. The third kappa shape index (κ3) is 1.64. The fourth-order valence-electron chi connectivity index (χ4n) is 1.23. The van der Waals surface area contributed by atoms with E-state index >= 15 is 0 Å². The average Bonchev–Trinajstić information content (AvgIpc) is 2.72. The molecule has 0 aliphatic heterocycles. The van der Waals surface area contributed by atoms with Crippen molar-refractivity contribution in [3.8, 4) is 0 Å². The number of rotatable bonds is 2. The van der Waals surface area contributed by atoms with E-state index in [1.54, 1.807) is 23.7 Å². The van der Waals surface area contributed by atoms with Crippen LogP contribution in [0.4, 0.5) is 0 Å². The van der Waals surface area contributed by atoms with Gasteiger partial charge in [0.1, 0.15) is 5.82 Å². The summed E-state index contributed by atoms with van der Waals surface area (Å²) in [5.74, 6) is 0.817. The number of imidazole rings is 1. The summed E-state index contributed by atoms with van der Waals surface area (Å²) in [6.45, 7) is 2.07. The van der Waals surface area contributed by atoms with Crippen molar-refractivity contribution in [2.24, 2.45) is 5.73 Å². The van der Waals surface area contributed by atoms with Crippen LogP contribution >= 0.6 is 11.3 Å². The van der Waals surface area contributed by atoms with E-state index < -0.39 is 0 Å². The summed E-state index contributed by atoms with van der Waals surface area (Å²) in [7, 11) is 0. The lowest BCUT2D eigenvalue weighted by Gasteiger charge is -2.05. The molecule has 2 rings (SSSR count). The molecule has 0 aromatic carbocycles. The molecule has 3 nitrogen and oxygen atoms in total. The minimum atomic E-state index is -0.125. The number of aromatic nitrogens is 2. The van der Waals surface area contributed by atoms with Crippen LogP contribution in [0.25, 0.3) is 0 Å². The first-order valence-corrected chi connectivity index (χ1v) is 4.95. The second kappa shape index (κ2) is 3.32. The molecule has 0 saturated heterocycles. The molecule has 2 aromatic rings. The number of H-pyrrole nitrogens is 1. The van der Waals surface area contributed by atoms with Crippen LogP contribution in [0.5, 0.6) is 0 Å². The molecule has 3 N–H and O–H groups in total. The van der Waals surface area contributed by atoms with Crippen LogP contribution in [-0.2, 0) is 0 Å². The van der Waals surface area contributed by atoms with Crippen LogP contribution in [-0.4, -0.2) is 9.97 Å². The van der Waals surface area contributed by atoms with E-state index in [1.807, 2.05) is 0 Å². The van der Waals surface area contributed by atoms with Crippen molar-refractivity contribution in [3.63, 3.8) is 0 Å². The number of aromatic amines is 1. The number of nitrogens with one attached hydrogen (secondary N) is 1. The molecule has 0 fully saturated rings. The van der Waals surface area contributed by atoms with Crippen molar-refractivity contribution in [2.45, 2.75) is 13.0 Å². The molecule has 0 saturated carbocycles. The molecule has 0 aliphatic carbocycles. The van der Waals surface area contributed by atoms with E-state index in [-0.39, 0.29) is 6.04 Å². The number of thiophene rings is 1. The first kappa shape index (κ1) is 8.47. The molecule has 68 valence electrons. The summed E-state index contributed by atoms with van der Waals surface area (Å²) in [6, 6.07) is 1.97. The first-order chi connectivity index (χ1) is 6.27. The first-order valence-electron chi connectivity index (χ1n) is 4.07. The summed E-state index contributed by atoms with van der Waals surface area (Å²) in [6.07, 6.45) is 3.50. The van der Waals surface area contributed by atoms with E-state index in [0.717, 1.165) is 11.4 Å². The molecule has 0 radical (unpaired) electrons. The Morgan fingerprint density at radius 3 is 3.00 bits per heavy atom. The predicted molar refractivity (Wildman–Crippen MR) is 53.7 cm³/mol. The molecule has 0 aliphatic rings. The maximum atomic E-state index is 5.99. The summed E-state index contributed by atoms with van der Waals surface area (Å²) >= 11 is 1.71. The molecule has 0 amide bonds. The minimum absolute atomic E-state index is 0.125. The SMILES string of the molecule is Cc1cc(C(N)c2ncc[nH]2)cs1. The van der Waals surface area contributed by atoms with E-state index in [0.29, 0.717) is 0 Å². The second-order valence-corrected chi connectivity index (χ2v) is 4.06. The average molecular weight is 193 g/mol. The van der Waals surface area contributed by atoms with Gasteiger partial charge >= 0.3 is 0 Å². The Balaban J connectivity index is 2.28. The lowest BCUT2D eigenvalue weighted by molar-refractivity contribution is 0.804. The zero-order valence-corrected chi connectivity index (χ0v) is 8.14. The fraction of sp³-hybridized carbons (Fsp3) is 0.222. The molecule has 0 spiro atoms. The quantitative estimate of drug-likeness (QED) is 0.764. The van der Waals surface area contributed by atoms with E-state index in [1.165, 1.54) is 4.88 Å². The van der Waals surface area contributed by atoms with Crippen LogP contribution in [0.1, 0.15) is 22.3 Å². The number of hydrogen-bond acceptors (Lipinski definition) is 3. The Bertz CT molecular complexity index is 377. The molecule has 4 heteroatoms. The largest absolute Gasteiger partial charge is 0.347 e. The van der Waals surface area contributed by atoms with Crippen LogP contribution < -0.4 is 5.73 Å². The third-order valence-electron chi connectivity index (χ3n) is 1.92. The normalized spacial score (nSPS) is 13.1. The van der Waals surface area contributed by atoms with E-state index in [9.17, 15) is 0 Å². The number of nitrogens with zero attached hydrogens (tertiary/aromatic N) is 1. The van der Waals surface area contributed by atoms with Crippen LogP contribution in [0, 0.1) is 6.92 Å². The molecule has 0 bridgehead atoms. The van der Waals surface area contributed by atoms with Gasteiger partial charge in [0.2, 0.25) is 0 Å². The molecule has 1 unspecified atom stereocenters. The summed E-state index contributed by atoms with van der Waals surface area (Å²) in [5, 5.41) is 2.07. The zero-order chi connectivity index (χ0) is 9.26. The zero-order valence-electron chi connectivity index (χ0n) is 7.32. The lowest BCUT2D eigenvalue weighted by Crippen LogP contribution is -2.12. The van der Waals surface area contributed by atoms with Gasteiger partial charge in [-0.3, -0.25) is 0 Å². The Morgan fingerprint density at radius 1 is 1.62 bits per heavy atom. The number of aryl methyl sites for hydroxylation is 1. The maximum Gasteiger partial charge on any atom is 0.127 e. The Kier molecular flexibility index (Phi) is 2.16. The predicted octanol–water partition coefficient (Wildman–Crippen LogP) is 1.83. The highest BCUT2D eigenvalue weighted by atomic mass is 32.1. The van der Waals surface area contributed by atoms with Gasteiger partial charge in [0.15, 0.2) is 0 Å². The highest BCUT2D eigenvalue weighted by Gasteiger charge is 2.11. The Morgan fingerprint density at radius 2 is 2.46 bits per heavy atom. The summed E-state index contributed by atoms with van der Waals surface area (Å²) in [5.41, 5.74) is 7.11. The van der Waals surface area contributed by atoms with Crippen molar-refractivity contribution >= 4 is 11.3 Å². The molecule has 2 aromatic heterocycles. The van der Waals surface area contributed by atoms with E-state index in [4.69, 9.17) is 5.73 Å². The molecular formula is C9H11N3S. The topological polar surface area (TPSA) is 54.7 Å². The van der Waals surface area contributed by atoms with Crippen LogP contribution in [0.3, 0.4) is 0 Å². The van der Waals surface area contributed by atoms with Gasteiger partial charge in [-0.2, -0.15) is 0 Å². The van der Waals surface area contributed by atoms with Crippen molar-refractivity contribution in [1.82, 2.24) is 9.97 Å². The summed E-state index contributed by atoms with van der Waals surface area (Å²) < 4.78 is 0. The third-order valence-corrected chi connectivity index (χ3v) is 2.80. The molecular weight excluding hydrogens is 182 g/mol. The van der Waals surface area contributed by atoms with Crippen molar-refractivity contribution in [3.05, 3.63) is 40.1 Å². The van der Waals surface area contributed by atoms with Crippen LogP contribution in [0.2, 0.25) is 0 Å². The van der Waals surface area contributed by atoms with Gasteiger partial charge in [-0.05, 0) is 23.9 Å². The van der Waals surface area contributed by atoms with Gasteiger partial charge in [-0.25, -0.2) is 4.98 Å². The van der Waals surface area contributed by atoms with Gasteiger partial charge in [-0.15, -0.1) is 11.3 Å². The van der Waals surface area contributed by atoms with Gasteiger partial charge in [-0.1, -0.05) is 0 Å². The fourth-order valence-corrected chi connectivity index (χ4v) is 1.97. The highest BCUT2D eigenvalue weighted by molar-refractivity contribution is 7.10. The Hall–Kier alpha value is -1.13. The molecule has 13 heavy (non-hydrogen) atoms. The number of nitrogens with two attached hydrogens (primary N) is 1. The van der Waals surface area contributed by atoms with Crippen molar-refractivity contribution in [2.75, 3.05) is 0 Å². The molecule has 2 heterocycles. The highest BCUT2D eigenvalue weighted by Crippen LogP contribution is 2.21. The van der Waals surface area contributed by atoms with E-state index in [2.05, 4.69) is 28.3 Å². The van der Waals surface area contributed by atoms with Gasteiger partial charge in [0.05, 0.1) is 6.04 Å². The van der Waals surface area contributed by atoms with Gasteiger partial charge in [0, 0.05) is 17.3 Å². The Labute approximate surface area is 80.6 Å². The van der Waals surface area contributed by atoms with Crippen molar-refractivity contribution in [1.29, 1.82) is 0 Å². The lowest BCUT2D eigenvalue weighted by atomic mass is 10.1. The second-order valence-electron chi connectivity index (χ2n) is 2.94. The van der Waals surface area contributed by atoms with Crippen LogP contribution in [0.15, 0.2) is 23.8 Å². The summed E-state index contributed by atoms with van der Waals surface area (Å²) in [4.78, 5) is 8.41. The smallest absolute Gasteiger partial charge is 0.127 e. The standard InChI is InChI=1S/C9H11N3S/c1-6-4-7(5-13-6)8(10)9-11-2-3-12-9/h2-5,8H,10H2,1H3,(H,11,12). The van der Waals surface area contributed by atoms with Gasteiger partial charge < -0.3 is 10.7 Å². The monoisotopic (exact) mass is 193 g/mol. The van der Waals surface area contributed by atoms with Gasteiger partial charge in [0.25, 0.3) is 0 Å². The van der Waals surface area contributed by atoms with Crippen molar-refractivity contribution < 1.29 is 0 Å². The molecule has 1 atom stereocenters. The minimum Gasteiger partial charge on any atom is -0.347 e. The maximum absolute atomic E-state index is 5.99.